The van der Waals surface area contributed by atoms with Crippen molar-refractivity contribution in [1.29, 1.82) is 0 Å². The Kier molecular flexibility index (Phi) is 9.78. The fourth-order valence-electron chi connectivity index (χ4n) is 5.92. The largest absolute Gasteiger partial charge is 0.494 e. The lowest BCUT2D eigenvalue weighted by atomic mass is 9.83. The Morgan fingerprint density at radius 1 is 0.581 bits per heavy atom. The Hall–Kier alpha value is -4.57. The lowest BCUT2D eigenvalue weighted by Crippen LogP contribution is -2.66. The number of allylic oxidation sites excluding steroid dienone is 3. The molecule has 0 unspecified atom stereocenters. The van der Waals surface area contributed by atoms with Crippen LogP contribution < -0.4 is 19.5 Å². The van der Waals surface area contributed by atoms with Gasteiger partial charge in [0.15, 0.2) is 0 Å². The summed E-state index contributed by atoms with van der Waals surface area (Å²) in [7, 11) is 0. The van der Waals surface area contributed by atoms with Gasteiger partial charge in [0.1, 0.15) is 5.75 Å². The highest BCUT2D eigenvalue weighted by molar-refractivity contribution is 6.17. The quantitative estimate of drug-likeness (QED) is 0.202. The summed E-state index contributed by atoms with van der Waals surface area (Å²) in [5.74, 6) is 0.881. The second-order valence-electron chi connectivity index (χ2n) is 10.6. The van der Waals surface area contributed by atoms with E-state index in [0.29, 0.717) is 6.61 Å². The first-order valence-corrected chi connectivity index (χ1v) is 15.7. The van der Waals surface area contributed by atoms with E-state index in [2.05, 4.69) is 140 Å². The molecule has 0 heterocycles. The molecule has 4 aromatic carbocycles. The lowest BCUT2D eigenvalue weighted by molar-refractivity contribution is -0.351. The maximum absolute atomic E-state index is 5.64. The number of nitrogens with zero attached hydrogens (tertiary/aromatic N) is 2. The van der Waals surface area contributed by atoms with Crippen molar-refractivity contribution >= 4 is 33.9 Å². The average molecular weight is 571 g/mol. The van der Waals surface area contributed by atoms with Crippen LogP contribution in [-0.2, 0) is 0 Å². The summed E-state index contributed by atoms with van der Waals surface area (Å²) in [6, 6.07) is 35.0. The number of fused-ring (bicyclic) bond motifs is 1. The normalized spacial score (nSPS) is 13.1. The molecule has 4 nitrogen and oxygen atoms in total. The smallest absolute Gasteiger partial charge is 0.211 e. The molecule has 5 rings (SSSR count). The topological polar surface area (TPSA) is 29.7 Å². The average Bonchev–Trinajstić information content (AvgIpc) is 3.05. The first-order valence-electron chi connectivity index (χ1n) is 15.7. The molecule has 1 aliphatic carbocycles. The van der Waals surface area contributed by atoms with E-state index in [1.54, 1.807) is 0 Å². The van der Waals surface area contributed by atoms with Crippen LogP contribution in [0.3, 0.4) is 0 Å². The second-order valence-corrected chi connectivity index (χ2v) is 10.6. The molecule has 0 aromatic heterocycles. The number of nitrogens with one attached hydrogen (secondary N) is 1. The molecule has 0 aliphatic heterocycles. The van der Waals surface area contributed by atoms with Gasteiger partial charge in [-0.2, -0.15) is 0 Å². The summed E-state index contributed by atoms with van der Waals surface area (Å²) in [4.78, 5) is 8.43. The van der Waals surface area contributed by atoms with Gasteiger partial charge >= 0.3 is 0 Å². The number of anilines is 2. The standard InChI is InChI=1S/C39H43N3O/c1-6-41(7-2)32-21-15-29(16-22-32)39(30-17-23-33(24-18-30)42(8-3)9-4)37-27-28-38(36-14-12-11-13-35(36)37)40-31-19-25-34(26-20-31)43-10-5/h11-28H,6-10H2,1-5H3/p+1. The highest BCUT2D eigenvalue weighted by atomic mass is 16.5. The van der Waals surface area contributed by atoms with E-state index >= 15 is 0 Å². The van der Waals surface area contributed by atoms with Gasteiger partial charge in [0.25, 0.3) is 0 Å². The van der Waals surface area contributed by atoms with Crippen molar-refractivity contribution in [2.75, 3.05) is 42.6 Å². The molecular formula is C39H44N3O+. The molecule has 0 saturated carbocycles. The first-order chi connectivity index (χ1) is 21.1. The van der Waals surface area contributed by atoms with Crippen LogP contribution in [0.1, 0.15) is 56.9 Å². The Bertz CT molecular complexity index is 1530. The lowest BCUT2D eigenvalue weighted by Gasteiger charge is -2.24. The van der Waals surface area contributed by atoms with E-state index in [1.807, 2.05) is 19.1 Å². The number of hydrogen-bond donors (Lipinski definition) is 1. The Labute approximate surface area is 257 Å². The molecule has 4 aromatic rings. The van der Waals surface area contributed by atoms with E-state index in [0.717, 1.165) is 43.3 Å². The third-order valence-corrected chi connectivity index (χ3v) is 8.21. The maximum atomic E-state index is 5.64. The molecule has 4 heteroatoms. The maximum Gasteiger partial charge on any atom is 0.211 e. The van der Waals surface area contributed by atoms with Gasteiger partial charge in [0.05, 0.1) is 12.2 Å². The summed E-state index contributed by atoms with van der Waals surface area (Å²) in [5.41, 5.74) is 11.9. The van der Waals surface area contributed by atoms with Crippen molar-refractivity contribution in [2.45, 2.75) is 34.6 Å². The molecule has 1 N–H and O–H groups in total. The number of ether oxygens (including phenoxy) is 1. The fourth-order valence-corrected chi connectivity index (χ4v) is 5.92. The molecule has 0 spiro atoms. The van der Waals surface area contributed by atoms with Crippen molar-refractivity contribution in [3.05, 3.63) is 131 Å². The van der Waals surface area contributed by atoms with Gasteiger partial charge in [-0.25, -0.2) is 4.99 Å². The zero-order valence-electron chi connectivity index (χ0n) is 26.2. The molecule has 43 heavy (non-hydrogen) atoms. The van der Waals surface area contributed by atoms with Crippen LogP contribution in [0.15, 0.2) is 109 Å². The molecule has 1 aliphatic rings. The molecule has 0 bridgehead atoms. The summed E-state index contributed by atoms with van der Waals surface area (Å²) < 4.78 is 5.64. The Morgan fingerprint density at radius 2 is 1.09 bits per heavy atom. The van der Waals surface area contributed by atoms with E-state index in [-0.39, 0.29) is 0 Å². The molecule has 0 radical (unpaired) electrons. The third kappa shape index (κ3) is 6.59. The predicted molar refractivity (Wildman–Crippen MR) is 184 cm³/mol. The number of hydrogen-bond acceptors (Lipinski definition) is 3. The minimum Gasteiger partial charge on any atom is -0.494 e. The van der Waals surface area contributed by atoms with Crippen LogP contribution in [0.4, 0.5) is 17.1 Å². The van der Waals surface area contributed by atoms with Crippen LogP contribution in [0.5, 0.6) is 5.75 Å². The van der Waals surface area contributed by atoms with Crippen LogP contribution in [0, 0.1) is 0 Å². The number of benzene rings is 4. The predicted octanol–water partition coefficient (Wildman–Crippen LogP) is 7.51. The van der Waals surface area contributed by atoms with Gasteiger partial charge in [-0.1, -0.05) is 42.5 Å². The van der Waals surface area contributed by atoms with Gasteiger partial charge in [-0.3, -0.25) is 0 Å². The summed E-state index contributed by atoms with van der Waals surface area (Å²) in [6.07, 6.45) is 4.48. The Balaban J connectivity index is 1.64. The zero-order valence-corrected chi connectivity index (χ0v) is 26.2. The first kappa shape index (κ1) is 29.9. The molecule has 0 saturated heterocycles. The highest BCUT2D eigenvalue weighted by Crippen LogP contribution is 2.38. The van der Waals surface area contributed by atoms with E-state index in [1.165, 1.54) is 44.8 Å². The van der Waals surface area contributed by atoms with Crippen LogP contribution in [0.25, 0.3) is 11.1 Å². The van der Waals surface area contributed by atoms with Crippen molar-refractivity contribution < 1.29 is 9.73 Å². The molecule has 0 atom stereocenters. The monoisotopic (exact) mass is 570 g/mol. The number of rotatable bonds is 11. The van der Waals surface area contributed by atoms with E-state index in [4.69, 9.17) is 4.74 Å². The molecule has 220 valence electrons. The van der Waals surface area contributed by atoms with Gasteiger partial charge in [0, 0.05) is 55.8 Å². The van der Waals surface area contributed by atoms with Gasteiger partial charge in [-0.05, 0) is 111 Å². The highest BCUT2D eigenvalue weighted by Gasteiger charge is 2.23. The minimum atomic E-state index is 0.661. The Morgan fingerprint density at radius 3 is 1.58 bits per heavy atom. The van der Waals surface area contributed by atoms with Crippen LogP contribution in [0.2, 0.25) is 0 Å². The van der Waals surface area contributed by atoms with Crippen molar-refractivity contribution in [3.8, 4) is 5.75 Å². The van der Waals surface area contributed by atoms with Crippen molar-refractivity contribution in [2.24, 2.45) is 0 Å². The SMILES string of the molecule is CCOc1ccc([NH+]=C2C=CC(=C(c3ccc(N(CC)CC)cc3)c3ccc(N(CC)CC)cc3)c3ccccc32)cc1. The zero-order chi connectivity index (χ0) is 30.2. The van der Waals surface area contributed by atoms with Crippen molar-refractivity contribution in [1.82, 2.24) is 0 Å². The van der Waals surface area contributed by atoms with Gasteiger partial charge in [0.2, 0.25) is 11.4 Å². The van der Waals surface area contributed by atoms with Gasteiger partial charge < -0.3 is 14.5 Å². The molecular weight excluding hydrogens is 526 g/mol. The molecule has 0 amide bonds. The molecule has 0 fully saturated rings. The van der Waals surface area contributed by atoms with Crippen LogP contribution in [-0.4, -0.2) is 38.5 Å². The summed E-state index contributed by atoms with van der Waals surface area (Å²) in [5, 5.41) is 0. The fraction of sp³-hybridized carbons (Fsp3) is 0.256. The third-order valence-electron chi connectivity index (χ3n) is 8.21. The second kappa shape index (κ2) is 14.1. The van der Waals surface area contributed by atoms with E-state index in [9.17, 15) is 0 Å². The minimum absolute atomic E-state index is 0.661. The van der Waals surface area contributed by atoms with Gasteiger partial charge in [-0.15, -0.1) is 0 Å². The summed E-state index contributed by atoms with van der Waals surface area (Å²) in [6.45, 7) is 15.5. The van der Waals surface area contributed by atoms with E-state index < -0.39 is 0 Å². The van der Waals surface area contributed by atoms with Crippen LogP contribution >= 0.6 is 0 Å². The van der Waals surface area contributed by atoms with Crippen molar-refractivity contribution in [3.63, 3.8) is 0 Å². The summed E-state index contributed by atoms with van der Waals surface area (Å²) >= 11 is 0.